The number of rotatable bonds is 30. The summed E-state index contributed by atoms with van der Waals surface area (Å²) in [6.07, 6.45) is 12.2. The van der Waals surface area contributed by atoms with E-state index in [-0.39, 0.29) is 137 Å². The number of quaternary nitrogens is 2. The van der Waals surface area contributed by atoms with Gasteiger partial charge in [-0.05, 0) is 39.5 Å². The maximum absolute atomic E-state index is 12.0. The number of hydrogen-bond donors (Lipinski definition) is 6. The number of carboxylic acid groups (broad SMARTS) is 4. The fourth-order valence-electron chi connectivity index (χ4n) is 7.35. The van der Waals surface area contributed by atoms with E-state index >= 15 is 0 Å². The van der Waals surface area contributed by atoms with Crippen LogP contribution in [0.3, 0.4) is 0 Å². The number of carboxylic acids is 4. The largest absolute Gasteiger partial charge is 2.00 e. The Kier molecular flexibility index (Phi) is 33.5. The first-order chi connectivity index (χ1) is 25.6. The molecule has 0 saturated heterocycles. The van der Waals surface area contributed by atoms with Gasteiger partial charge in [0.1, 0.15) is 25.2 Å². The van der Waals surface area contributed by atoms with Crippen molar-refractivity contribution in [2.45, 2.75) is 130 Å². The maximum atomic E-state index is 12.0. The van der Waals surface area contributed by atoms with Crippen LogP contribution in [0, 0.1) is 0 Å². The second kappa shape index (κ2) is 32.5. The van der Waals surface area contributed by atoms with E-state index in [2.05, 4.69) is 10.6 Å². The van der Waals surface area contributed by atoms with Crippen molar-refractivity contribution in [2.24, 2.45) is 0 Å². The minimum Gasteiger partial charge on any atom is -0.544 e. The Hall–Kier alpha value is -2.60. The molecule has 0 radical (unpaired) electrons. The number of aliphatic carboxylic acids is 4. The number of carbonyl (C=O) groups excluding carboxylic acids is 4. The van der Waals surface area contributed by atoms with Crippen LogP contribution < -0.4 is 20.8 Å². The van der Waals surface area contributed by atoms with E-state index in [1.54, 1.807) is 27.7 Å². The summed E-state index contributed by atoms with van der Waals surface area (Å²) in [5.41, 5.74) is 0. The van der Waals surface area contributed by atoms with E-state index in [0.29, 0.717) is 25.7 Å². The van der Waals surface area contributed by atoms with Crippen molar-refractivity contribution < 1.29 is 68.4 Å². The fraction of sp³-hybridized carbons (Fsp3) is 0.737. The normalized spacial score (nSPS) is 15.6. The van der Waals surface area contributed by atoms with Crippen LogP contribution in [0.2, 0.25) is 0 Å². The number of nitrogens with one attached hydrogen (secondary N) is 2. The smallest absolute Gasteiger partial charge is 0.544 e. The number of aliphatic hydroxyl groups is 2. The van der Waals surface area contributed by atoms with Gasteiger partial charge in [-0.2, -0.15) is 0 Å². The summed E-state index contributed by atoms with van der Waals surface area (Å²) >= 11 is 0. The Labute approximate surface area is 357 Å². The van der Waals surface area contributed by atoms with Gasteiger partial charge < -0.3 is 59.8 Å². The third-order valence-corrected chi connectivity index (χ3v) is 9.90. The van der Waals surface area contributed by atoms with E-state index in [1.807, 2.05) is 38.2 Å². The van der Waals surface area contributed by atoms with Crippen molar-refractivity contribution in [1.29, 1.82) is 0 Å². The molecule has 16 nitrogen and oxygen atoms in total. The van der Waals surface area contributed by atoms with Gasteiger partial charge in [0.15, 0.2) is 12.1 Å². The van der Waals surface area contributed by atoms with Gasteiger partial charge >= 0.3 is 49.7 Å². The number of hydrogen-bond acceptors (Lipinski definition) is 10. The van der Waals surface area contributed by atoms with E-state index < -0.39 is 48.0 Å². The molecule has 0 bridgehead atoms. The standard InChI is InChI=1S/2C19H34N2O6.Ca/c2*1-4-7-8-9-10-17(23)20-11-12-21(13-14-22,15(5-2)18(24)25)16(6-3)19(26)27;/h2*4,7,15-16,22H,5-6,8-14H2,1-3H3,(H2-,20,23,24,25,26,27);/q;;+2/b2*7-4+;. The molecule has 312 valence electrons. The summed E-state index contributed by atoms with van der Waals surface area (Å²) in [6, 6.07) is -4.17. The molecule has 0 aromatic heterocycles. The van der Waals surface area contributed by atoms with Crippen LogP contribution in [0.25, 0.3) is 0 Å². The fourth-order valence-corrected chi connectivity index (χ4v) is 7.35. The molecule has 17 heteroatoms. The third-order valence-electron chi connectivity index (χ3n) is 9.90. The molecule has 0 fully saturated rings. The molecule has 0 rings (SSSR count). The Bertz CT molecular complexity index is 1070. The zero-order valence-corrected chi connectivity index (χ0v) is 36.2. The molecule has 0 saturated carbocycles. The number of nitrogens with zero attached hydrogens (tertiary/aromatic N) is 2. The maximum Gasteiger partial charge on any atom is 2.00 e. The van der Waals surface area contributed by atoms with Crippen molar-refractivity contribution in [3.8, 4) is 0 Å². The molecule has 6 unspecified atom stereocenters. The van der Waals surface area contributed by atoms with Crippen molar-refractivity contribution in [2.75, 3.05) is 52.5 Å². The third kappa shape index (κ3) is 19.9. The minimum absolute atomic E-state index is 0. The molecule has 0 heterocycles. The number of carbonyl (C=O) groups is 6. The predicted octanol–water partition coefficient (Wildman–Crippen LogP) is -0.281. The van der Waals surface area contributed by atoms with E-state index in [4.69, 9.17) is 0 Å². The minimum atomic E-state index is -1.34. The summed E-state index contributed by atoms with van der Waals surface area (Å²) in [5, 5.41) is 67.2. The van der Waals surface area contributed by atoms with Gasteiger partial charge in [0.2, 0.25) is 11.8 Å². The SMILES string of the molecule is C/C=C/CCCC(=O)NCC[N+](CCO)(C(CC)C(=O)[O-])C(CC)C(=O)O.C/C=C/CCCC(=O)NCC[N+](CCO)(C(CC)C(=O)[O-])C(CC)C(=O)O.[Ca+2]. The molecule has 55 heavy (non-hydrogen) atoms. The summed E-state index contributed by atoms with van der Waals surface area (Å²) in [4.78, 5) is 70.9. The Morgan fingerprint density at radius 3 is 1.11 bits per heavy atom. The number of unbranched alkanes of at least 4 members (excludes halogenated alkanes) is 2. The van der Waals surface area contributed by atoms with Crippen LogP contribution in [-0.2, 0) is 28.8 Å². The van der Waals surface area contributed by atoms with Crippen LogP contribution in [0.15, 0.2) is 24.3 Å². The molecular formula is C38H68CaN4O12+2. The Morgan fingerprint density at radius 1 is 0.582 bits per heavy atom. The topological polar surface area (TPSA) is 254 Å². The van der Waals surface area contributed by atoms with Gasteiger partial charge in [0.05, 0.1) is 51.3 Å². The van der Waals surface area contributed by atoms with Crippen LogP contribution in [-0.4, -0.2) is 179 Å². The summed E-state index contributed by atoms with van der Waals surface area (Å²) < 4.78 is -0.694. The zero-order valence-electron chi connectivity index (χ0n) is 34.0. The molecule has 6 N–H and O–H groups in total. The monoisotopic (exact) mass is 812 g/mol. The molecule has 0 aliphatic carbocycles. The van der Waals surface area contributed by atoms with Crippen molar-refractivity contribution in [3.05, 3.63) is 24.3 Å². The van der Waals surface area contributed by atoms with E-state index in [1.165, 1.54) is 0 Å². The van der Waals surface area contributed by atoms with Crippen LogP contribution in [0.1, 0.15) is 106 Å². The zero-order chi connectivity index (χ0) is 41.7. The van der Waals surface area contributed by atoms with Gasteiger partial charge in [-0.15, -0.1) is 0 Å². The van der Waals surface area contributed by atoms with E-state index in [0.717, 1.165) is 12.8 Å². The average Bonchev–Trinajstić information content (AvgIpc) is 3.09. The summed E-state index contributed by atoms with van der Waals surface area (Å²) in [5.74, 6) is -5.25. The second-order valence-electron chi connectivity index (χ2n) is 13.2. The number of aliphatic hydroxyl groups excluding tert-OH is 2. The van der Waals surface area contributed by atoms with E-state index in [9.17, 15) is 59.4 Å². The van der Waals surface area contributed by atoms with Gasteiger partial charge in [-0.3, -0.25) is 9.59 Å². The van der Waals surface area contributed by atoms with Crippen LogP contribution in [0.5, 0.6) is 0 Å². The molecule has 0 aliphatic heterocycles. The quantitative estimate of drug-likeness (QED) is 0.0237. The van der Waals surface area contributed by atoms with Gasteiger partial charge in [-0.1, -0.05) is 52.0 Å². The van der Waals surface area contributed by atoms with Gasteiger partial charge in [0, 0.05) is 38.5 Å². The first-order valence-electron chi connectivity index (χ1n) is 19.2. The van der Waals surface area contributed by atoms with Crippen molar-refractivity contribution >= 4 is 73.4 Å². The molecule has 2 amide bonds. The average molecular weight is 813 g/mol. The van der Waals surface area contributed by atoms with Crippen molar-refractivity contribution in [1.82, 2.24) is 10.6 Å². The Balaban J connectivity index is -0.000000966. The number of allylic oxidation sites excluding steroid dienone is 4. The molecule has 0 aliphatic rings. The first-order valence-corrected chi connectivity index (χ1v) is 19.2. The molecule has 0 spiro atoms. The van der Waals surface area contributed by atoms with Crippen molar-refractivity contribution in [3.63, 3.8) is 0 Å². The molecular weight excluding hydrogens is 745 g/mol. The molecule has 6 atom stereocenters. The predicted molar refractivity (Wildman–Crippen MR) is 205 cm³/mol. The van der Waals surface area contributed by atoms with Gasteiger partial charge in [0.25, 0.3) is 0 Å². The summed E-state index contributed by atoms with van der Waals surface area (Å²) in [6.45, 7) is 10.1. The number of amides is 2. The van der Waals surface area contributed by atoms with Gasteiger partial charge in [-0.25, -0.2) is 9.59 Å². The molecule has 0 aromatic rings. The summed E-state index contributed by atoms with van der Waals surface area (Å²) in [7, 11) is 0. The van der Waals surface area contributed by atoms with Crippen LogP contribution >= 0.6 is 0 Å². The second-order valence-corrected chi connectivity index (χ2v) is 13.2. The Morgan fingerprint density at radius 2 is 0.891 bits per heavy atom. The first kappa shape index (κ1) is 56.7. The van der Waals surface area contributed by atoms with Crippen LogP contribution in [0.4, 0.5) is 0 Å². The molecule has 0 aromatic carbocycles.